The summed E-state index contributed by atoms with van der Waals surface area (Å²) in [6.07, 6.45) is 0. The fourth-order valence-corrected chi connectivity index (χ4v) is 9.64. The van der Waals surface area contributed by atoms with Crippen LogP contribution in [0.25, 0.3) is 0 Å². The summed E-state index contributed by atoms with van der Waals surface area (Å²) in [6.45, 7) is 17.8. The van der Waals surface area contributed by atoms with Gasteiger partial charge in [-0.1, -0.05) is 53.1 Å². The second kappa shape index (κ2) is 11.8. The Labute approximate surface area is 253 Å². The monoisotopic (exact) mass is 606 g/mol. The summed E-state index contributed by atoms with van der Waals surface area (Å²) < 4.78 is 47.8. The molecule has 0 aliphatic rings. The molecule has 0 radical (unpaired) electrons. The molecule has 0 aromatic heterocycles. The fraction of sp³-hybridized carbons (Fsp3) is 0.314. The van der Waals surface area contributed by atoms with Gasteiger partial charge in [0.2, 0.25) is 0 Å². The van der Waals surface area contributed by atoms with Crippen molar-refractivity contribution in [3.05, 3.63) is 108 Å². The molecule has 0 aliphatic heterocycles. The molecule has 4 aromatic carbocycles. The summed E-state index contributed by atoms with van der Waals surface area (Å²) in [4.78, 5) is 2.18. The second-order valence-corrected chi connectivity index (χ2v) is 17.0. The minimum Gasteiger partial charge on any atom is -0.488 e. The second-order valence-electron chi connectivity index (χ2n) is 12.6. The van der Waals surface area contributed by atoms with Crippen LogP contribution >= 0.6 is 10.3 Å². The summed E-state index contributed by atoms with van der Waals surface area (Å²) in [5.41, 5.74) is 2.04. The van der Waals surface area contributed by atoms with E-state index in [4.69, 9.17) is 13.1 Å². The molecule has 5 nitrogen and oxygen atoms in total. The van der Waals surface area contributed by atoms with Gasteiger partial charge in [0.1, 0.15) is 22.7 Å². The summed E-state index contributed by atoms with van der Waals surface area (Å²) in [5, 5.41) is 0. The first-order valence-electron chi connectivity index (χ1n) is 14.0. The van der Waals surface area contributed by atoms with Crippen molar-refractivity contribution in [3.8, 4) is 11.5 Å². The van der Waals surface area contributed by atoms with E-state index in [0.29, 0.717) is 16.4 Å². The van der Waals surface area contributed by atoms with Crippen LogP contribution in [0.2, 0.25) is 0 Å². The van der Waals surface area contributed by atoms with Gasteiger partial charge < -0.3 is 9.47 Å². The topological polar surface area (TPSA) is 61.8 Å². The van der Waals surface area contributed by atoms with Gasteiger partial charge in [-0.25, -0.2) is 3.63 Å². The van der Waals surface area contributed by atoms with E-state index in [-0.39, 0.29) is 4.90 Å². The quantitative estimate of drug-likeness (QED) is 0.200. The molecule has 42 heavy (non-hydrogen) atoms. The van der Waals surface area contributed by atoms with Crippen molar-refractivity contribution in [1.29, 1.82) is 0 Å². The van der Waals surface area contributed by atoms with Crippen LogP contribution in [0.15, 0.2) is 111 Å². The number of aryl methyl sites for hydroxylation is 3. The van der Waals surface area contributed by atoms with Crippen LogP contribution in [0.1, 0.15) is 58.2 Å². The van der Waals surface area contributed by atoms with E-state index in [1.54, 1.807) is 24.3 Å². The molecule has 0 atom stereocenters. The third-order valence-corrected chi connectivity index (χ3v) is 11.5. The van der Waals surface area contributed by atoms with Crippen LogP contribution in [0, 0.1) is 20.8 Å². The molecule has 0 aliphatic carbocycles. The van der Waals surface area contributed by atoms with Crippen molar-refractivity contribution in [1.82, 2.24) is 0 Å². The van der Waals surface area contributed by atoms with Crippen LogP contribution in [0.4, 0.5) is 0 Å². The lowest BCUT2D eigenvalue weighted by Gasteiger charge is -2.41. The van der Waals surface area contributed by atoms with Crippen molar-refractivity contribution < 1.29 is 21.5 Å². The van der Waals surface area contributed by atoms with E-state index in [1.165, 1.54) is 0 Å². The standard InChI is InChI=1S/C35H42O5S2/c1-25-10-17-29(18-11-25)41(30-19-12-26(2)13-20-30,40-42(36,37)31-21-14-27(3)15-22-31)33-23-16-28(38-34(4,5)6)24-32(33)39-35(7,8)9/h10-24H,1-9H3. The van der Waals surface area contributed by atoms with Gasteiger partial charge in [-0.05, 0) is 121 Å². The third kappa shape index (κ3) is 7.38. The Kier molecular flexibility index (Phi) is 8.89. The number of hydrogen-bond donors (Lipinski definition) is 0. The first kappa shape index (κ1) is 31.7. The molecular formula is C35H42O5S2. The van der Waals surface area contributed by atoms with Gasteiger partial charge in [0.05, 0.1) is 9.79 Å². The molecule has 0 spiro atoms. The number of benzene rings is 4. The molecule has 0 amide bonds. The maximum Gasteiger partial charge on any atom is 0.307 e. The predicted octanol–water partition coefficient (Wildman–Crippen LogP) is 9.57. The fourth-order valence-electron chi connectivity index (χ4n) is 4.40. The van der Waals surface area contributed by atoms with E-state index < -0.39 is 31.6 Å². The van der Waals surface area contributed by atoms with E-state index in [2.05, 4.69) is 0 Å². The van der Waals surface area contributed by atoms with Crippen LogP contribution in [0.3, 0.4) is 0 Å². The largest absolute Gasteiger partial charge is 0.488 e. The van der Waals surface area contributed by atoms with Gasteiger partial charge in [0.15, 0.2) is 0 Å². The third-order valence-electron chi connectivity index (χ3n) is 6.27. The van der Waals surface area contributed by atoms with Crippen LogP contribution in [-0.2, 0) is 13.7 Å². The number of rotatable bonds is 8. The summed E-state index contributed by atoms with van der Waals surface area (Å²) in [6, 6.07) is 28.1. The Morgan fingerprint density at radius 1 is 0.524 bits per heavy atom. The molecule has 7 heteroatoms. The van der Waals surface area contributed by atoms with Gasteiger partial charge in [-0.15, -0.1) is 0 Å². The van der Waals surface area contributed by atoms with Crippen LogP contribution in [-0.4, -0.2) is 19.6 Å². The van der Waals surface area contributed by atoms with E-state index >= 15 is 0 Å². The maximum absolute atomic E-state index is 14.2. The van der Waals surface area contributed by atoms with Crippen molar-refractivity contribution in [2.24, 2.45) is 0 Å². The molecule has 0 N–H and O–H groups in total. The van der Waals surface area contributed by atoms with Crippen molar-refractivity contribution in [2.45, 2.75) is 93.1 Å². The average molecular weight is 607 g/mol. The molecule has 0 heterocycles. The molecule has 0 bridgehead atoms. The lowest BCUT2D eigenvalue weighted by Crippen LogP contribution is -2.25. The molecule has 0 saturated carbocycles. The number of ether oxygens (including phenoxy) is 2. The molecule has 0 saturated heterocycles. The van der Waals surface area contributed by atoms with Gasteiger partial charge in [0.25, 0.3) is 0 Å². The lowest BCUT2D eigenvalue weighted by atomic mass is 10.2. The van der Waals surface area contributed by atoms with Gasteiger partial charge in [-0.3, -0.25) is 0 Å². The Morgan fingerprint density at radius 2 is 0.929 bits per heavy atom. The Bertz CT molecular complexity index is 1580. The molecule has 224 valence electrons. The zero-order valence-corrected chi connectivity index (χ0v) is 27.7. The zero-order valence-electron chi connectivity index (χ0n) is 26.0. The molecular weight excluding hydrogens is 565 g/mol. The van der Waals surface area contributed by atoms with Crippen LogP contribution in [0.5, 0.6) is 11.5 Å². The molecule has 0 fully saturated rings. The molecule has 0 unspecified atom stereocenters. The predicted molar refractivity (Wildman–Crippen MR) is 171 cm³/mol. The zero-order chi connectivity index (χ0) is 30.9. The van der Waals surface area contributed by atoms with Gasteiger partial charge in [0, 0.05) is 15.9 Å². The van der Waals surface area contributed by atoms with Gasteiger partial charge >= 0.3 is 10.1 Å². The van der Waals surface area contributed by atoms with Gasteiger partial charge in [-0.2, -0.15) is 8.42 Å². The van der Waals surface area contributed by atoms with Crippen LogP contribution < -0.4 is 9.47 Å². The smallest absolute Gasteiger partial charge is 0.307 e. The lowest BCUT2D eigenvalue weighted by molar-refractivity contribution is 0.118. The van der Waals surface area contributed by atoms with Crippen molar-refractivity contribution >= 4 is 20.4 Å². The maximum atomic E-state index is 14.2. The minimum absolute atomic E-state index is 0.0928. The summed E-state index contributed by atoms with van der Waals surface area (Å²) in [7, 11) is -7.16. The van der Waals surface area contributed by atoms with E-state index in [0.717, 1.165) is 26.5 Å². The SMILES string of the molecule is Cc1ccc(S(OS(=O)(=O)c2ccc(C)cc2)(c2ccc(C)cc2)c2ccc(OC(C)(C)C)cc2OC(C)(C)C)cc1. The Hall–Kier alpha value is -3.26. The highest BCUT2D eigenvalue weighted by molar-refractivity contribution is 8.33. The number of hydrogen-bond acceptors (Lipinski definition) is 5. The summed E-state index contributed by atoms with van der Waals surface area (Å²) in [5.74, 6) is 1.12. The summed E-state index contributed by atoms with van der Waals surface area (Å²) >= 11 is 0. The Morgan fingerprint density at radius 3 is 1.33 bits per heavy atom. The van der Waals surface area contributed by atoms with Crippen molar-refractivity contribution in [2.75, 3.05) is 0 Å². The first-order chi connectivity index (χ1) is 19.5. The van der Waals surface area contributed by atoms with E-state index in [9.17, 15) is 8.42 Å². The highest BCUT2D eigenvalue weighted by Gasteiger charge is 2.41. The Balaban J connectivity index is 2.11. The van der Waals surface area contributed by atoms with E-state index in [1.807, 2.05) is 129 Å². The average Bonchev–Trinajstić information content (AvgIpc) is 2.87. The molecule has 4 rings (SSSR count). The van der Waals surface area contributed by atoms with Crippen molar-refractivity contribution in [3.63, 3.8) is 0 Å². The minimum atomic E-state index is -4.25. The highest BCUT2D eigenvalue weighted by Crippen LogP contribution is 2.72. The molecule has 4 aromatic rings. The highest BCUT2D eigenvalue weighted by atomic mass is 32.3. The normalized spacial score (nSPS) is 13.1. The first-order valence-corrected chi connectivity index (χ1v) is 17.0.